The van der Waals surface area contributed by atoms with Gasteiger partial charge in [0.05, 0.1) is 17.7 Å². The maximum Gasteiger partial charge on any atom is 0.266 e. The number of rotatable bonds is 3. The molecule has 0 aliphatic carbocycles. The largest absolute Gasteiger partial charge is 0.395 e. The van der Waals surface area contributed by atoms with Gasteiger partial charge in [0.1, 0.15) is 0 Å². The van der Waals surface area contributed by atoms with E-state index in [4.69, 9.17) is 21.3 Å². The summed E-state index contributed by atoms with van der Waals surface area (Å²) in [6, 6.07) is 0. The summed E-state index contributed by atoms with van der Waals surface area (Å²) < 4.78 is 28.0. The van der Waals surface area contributed by atoms with Gasteiger partial charge in [0.15, 0.2) is 0 Å². The van der Waals surface area contributed by atoms with Crippen molar-refractivity contribution in [3.8, 4) is 0 Å². The van der Waals surface area contributed by atoms with Gasteiger partial charge in [-0.25, -0.2) is 0 Å². The van der Waals surface area contributed by atoms with Crippen molar-refractivity contribution in [3.05, 3.63) is 0 Å². The fourth-order valence-electron chi connectivity index (χ4n) is 0.281. The predicted molar refractivity (Wildman–Crippen MR) is 33.1 cm³/mol. The first-order valence-corrected chi connectivity index (χ1v) is 4.20. The molecule has 0 aromatic carbocycles. The zero-order valence-electron chi connectivity index (χ0n) is 4.49. The third-order valence-corrected chi connectivity index (χ3v) is 1.89. The van der Waals surface area contributed by atoms with E-state index in [1.54, 1.807) is 0 Å². The molecule has 9 heavy (non-hydrogen) atoms. The summed E-state index contributed by atoms with van der Waals surface area (Å²) in [4.78, 5) is 0. The topological polar surface area (TPSA) is 74.6 Å². The van der Waals surface area contributed by atoms with Crippen LogP contribution in [-0.4, -0.2) is 35.8 Å². The lowest BCUT2D eigenvalue weighted by atomic mass is 10.5. The molecular formula is C3H7ClO4S. The van der Waals surface area contributed by atoms with Crippen LogP contribution in [0.2, 0.25) is 0 Å². The van der Waals surface area contributed by atoms with Crippen molar-refractivity contribution in [1.29, 1.82) is 0 Å². The van der Waals surface area contributed by atoms with Crippen LogP contribution in [0.1, 0.15) is 0 Å². The molecule has 2 N–H and O–H groups in total. The Labute approximate surface area is 58.2 Å². The van der Waals surface area contributed by atoms with Crippen LogP contribution < -0.4 is 0 Å². The van der Waals surface area contributed by atoms with E-state index in [9.17, 15) is 8.42 Å². The molecule has 1 atom stereocenters. The molecule has 6 heteroatoms. The minimum Gasteiger partial charge on any atom is -0.395 e. The smallest absolute Gasteiger partial charge is 0.266 e. The van der Waals surface area contributed by atoms with E-state index >= 15 is 0 Å². The zero-order valence-corrected chi connectivity index (χ0v) is 6.06. The molecule has 0 radical (unpaired) electrons. The van der Waals surface area contributed by atoms with Crippen molar-refractivity contribution in [3.63, 3.8) is 0 Å². The van der Waals surface area contributed by atoms with E-state index in [1.807, 2.05) is 0 Å². The lowest BCUT2D eigenvalue weighted by molar-refractivity contribution is 0.297. The monoisotopic (exact) mass is 174 g/mol. The second-order valence-electron chi connectivity index (χ2n) is 1.53. The molecule has 0 aromatic rings. The molecule has 0 saturated heterocycles. The number of aliphatic hydroxyl groups excluding tert-OH is 1. The Balaban J connectivity index is 3.75. The highest BCUT2D eigenvalue weighted by atomic mass is 35.5. The lowest BCUT2D eigenvalue weighted by Crippen LogP contribution is -2.18. The van der Waals surface area contributed by atoms with Gasteiger partial charge < -0.3 is 5.11 Å². The molecule has 0 fully saturated rings. The van der Waals surface area contributed by atoms with Gasteiger partial charge in [0, 0.05) is 0 Å². The summed E-state index contributed by atoms with van der Waals surface area (Å²) >= 11 is 5.16. The molecule has 0 amide bonds. The predicted octanol–water partition coefficient (Wildman–Crippen LogP) is -0.526. The zero-order chi connectivity index (χ0) is 7.49. The first kappa shape index (κ1) is 9.16. The lowest BCUT2D eigenvalue weighted by Gasteiger charge is -1.99. The highest BCUT2D eigenvalue weighted by molar-refractivity contribution is 7.85. The molecule has 0 saturated carbocycles. The summed E-state index contributed by atoms with van der Waals surface area (Å²) in [5.74, 6) is -0.606. The molecule has 0 heterocycles. The number of halogens is 1. The average Bonchev–Trinajstić information content (AvgIpc) is 1.62. The average molecular weight is 175 g/mol. The Hall–Kier alpha value is 0.160. The molecule has 56 valence electrons. The normalized spacial score (nSPS) is 15.4. The van der Waals surface area contributed by atoms with E-state index in [0.717, 1.165) is 0 Å². The molecule has 0 aliphatic rings. The Morgan fingerprint density at radius 3 is 2.11 bits per heavy atom. The van der Waals surface area contributed by atoms with Crippen molar-refractivity contribution >= 4 is 21.7 Å². The first-order valence-electron chi connectivity index (χ1n) is 2.16. The maximum atomic E-state index is 9.96. The summed E-state index contributed by atoms with van der Waals surface area (Å²) in [5, 5.41) is 7.27. The van der Waals surface area contributed by atoms with Crippen LogP contribution in [0.4, 0.5) is 0 Å². The fraction of sp³-hybridized carbons (Fsp3) is 1.00. The molecule has 0 bridgehead atoms. The molecule has 0 rings (SSSR count). The van der Waals surface area contributed by atoms with Crippen molar-refractivity contribution in [2.45, 2.75) is 5.38 Å². The number of aliphatic hydroxyl groups is 1. The SMILES string of the molecule is O=S(=O)(O)CC(Cl)CO. The van der Waals surface area contributed by atoms with Crippen LogP contribution in [0.25, 0.3) is 0 Å². The number of hydrogen-bond donors (Lipinski definition) is 2. The summed E-state index contributed by atoms with van der Waals surface area (Å²) in [7, 11) is -4.03. The Morgan fingerprint density at radius 2 is 2.00 bits per heavy atom. The number of alkyl halides is 1. The summed E-state index contributed by atoms with van der Waals surface area (Å²) in [6.45, 7) is -0.457. The minimum absolute atomic E-state index is 0.457. The highest BCUT2D eigenvalue weighted by Gasteiger charge is 2.12. The van der Waals surface area contributed by atoms with E-state index in [0.29, 0.717) is 0 Å². The highest BCUT2D eigenvalue weighted by Crippen LogP contribution is 1.97. The second kappa shape index (κ2) is 3.36. The van der Waals surface area contributed by atoms with Crippen LogP contribution in [0.5, 0.6) is 0 Å². The van der Waals surface area contributed by atoms with Crippen molar-refractivity contribution in [1.82, 2.24) is 0 Å². The minimum atomic E-state index is -4.03. The van der Waals surface area contributed by atoms with Crippen molar-refractivity contribution in [2.75, 3.05) is 12.4 Å². The first-order chi connectivity index (χ1) is 3.95. The Bertz CT molecular complexity index is 163. The van der Waals surface area contributed by atoms with Crippen LogP contribution in [0.15, 0.2) is 0 Å². The third kappa shape index (κ3) is 6.04. The Kier molecular flexibility index (Phi) is 3.42. The van der Waals surface area contributed by atoms with Gasteiger partial charge in [-0.1, -0.05) is 0 Å². The van der Waals surface area contributed by atoms with E-state index in [2.05, 4.69) is 0 Å². The van der Waals surface area contributed by atoms with Gasteiger partial charge >= 0.3 is 0 Å². The van der Waals surface area contributed by atoms with Gasteiger partial charge in [-0.05, 0) is 0 Å². The Morgan fingerprint density at radius 1 is 1.56 bits per heavy atom. The maximum absolute atomic E-state index is 9.96. The fourth-order valence-corrected chi connectivity index (χ4v) is 1.32. The van der Waals surface area contributed by atoms with Crippen LogP contribution >= 0.6 is 11.6 Å². The van der Waals surface area contributed by atoms with Gasteiger partial charge in [-0.15, -0.1) is 11.6 Å². The third-order valence-electron chi connectivity index (χ3n) is 0.590. The molecule has 0 spiro atoms. The quantitative estimate of drug-likeness (QED) is 0.446. The van der Waals surface area contributed by atoms with Crippen molar-refractivity contribution in [2.24, 2.45) is 0 Å². The molecule has 0 aromatic heterocycles. The second-order valence-corrected chi connectivity index (χ2v) is 3.64. The van der Waals surface area contributed by atoms with Gasteiger partial charge in [0.2, 0.25) is 0 Å². The molecule has 4 nitrogen and oxygen atoms in total. The van der Waals surface area contributed by atoms with Crippen LogP contribution in [-0.2, 0) is 10.1 Å². The van der Waals surface area contributed by atoms with E-state index < -0.39 is 27.9 Å². The van der Waals surface area contributed by atoms with Gasteiger partial charge in [-0.3, -0.25) is 4.55 Å². The summed E-state index contributed by atoms with van der Waals surface area (Å²) in [5.41, 5.74) is 0. The standard InChI is InChI=1S/C3H7ClO4S/c4-3(1-5)2-9(6,7)8/h3,5H,1-2H2,(H,6,7,8). The van der Waals surface area contributed by atoms with Gasteiger partial charge in [0.25, 0.3) is 10.1 Å². The van der Waals surface area contributed by atoms with E-state index in [1.165, 1.54) is 0 Å². The number of hydrogen-bond acceptors (Lipinski definition) is 3. The summed E-state index contributed by atoms with van der Waals surface area (Å²) in [6.07, 6.45) is 0. The van der Waals surface area contributed by atoms with E-state index in [-0.39, 0.29) is 0 Å². The van der Waals surface area contributed by atoms with Crippen molar-refractivity contribution < 1.29 is 18.1 Å². The van der Waals surface area contributed by atoms with Crippen LogP contribution in [0, 0.1) is 0 Å². The molecular weight excluding hydrogens is 168 g/mol. The van der Waals surface area contributed by atoms with Gasteiger partial charge in [-0.2, -0.15) is 8.42 Å². The van der Waals surface area contributed by atoms with Crippen LogP contribution in [0.3, 0.4) is 0 Å². The molecule has 0 aliphatic heterocycles. The molecule has 1 unspecified atom stereocenters.